The number of aromatic nitrogens is 1. The maximum Gasteiger partial charge on any atom is 0.416 e. The van der Waals surface area contributed by atoms with Gasteiger partial charge in [-0.25, -0.2) is 4.98 Å². The smallest absolute Gasteiger partial charge is 0.416 e. The molecule has 0 aliphatic heterocycles. The van der Waals surface area contributed by atoms with Crippen LogP contribution in [0.2, 0.25) is 0 Å². The van der Waals surface area contributed by atoms with E-state index in [0.717, 1.165) is 0 Å². The summed E-state index contributed by atoms with van der Waals surface area (Å²) >= 11 is 0. The lowest BCUT2D eigenvalue weighted by Crippen LogP contribution is -2.16. The molecule has 0 aliphatic rings. The van der Waals surface area contributed by atoms with Crippen molar-refractivity contribution >= 4 is 5.97 Å². The average Bonchev–Trinajstić information content (AvgIpc) is 2.19. The Morgan fingerprint density at radius 2 is 2.12 bits per heavy atom. The van der Waals surface area contributed by atoms with Gasteiger partial charge in [-0.15, -0.1) is 0 Å². The van der Waals surface area contributed by atoms with Crippen LogP contribution in [-0.4, -0.2) is 17.6 Å². The number of ether oxygens (including phenoxy) is 1. The summed E-state index contributed by atoms with van der Waals surface area (Å²) < 4.78 is 55.2. The molecular formula is C10H9F4NO2. The minimum Gasteiger partial charge on any atom is -0.466 e. The molecule has 1 heterocycles. The van der Waals surface area contributed by atoms with Crippen LogP contribution in [-0.2, 0) is 22.1 Å². The Morgan fingerprint density at radius 3 is 2.65 bits per heavy atom. The van der Waals surface area contributed by atoms with E-state index in [1.54, 1.807) is 0 Å². The Bertz CT molecular complexity index is 417. The molecule has 0 saturated carbocycles. The molecule has 7 heteroatoms. The first-order chi connectivity index (χ1) is 7.86. The number of carbonyl (C=O) groups excluding carboxylic acids is 1. The predicted octanol–water partition coefficient (Wildman–Crippen LogP) is 2.35. The summed E-state index contributed by atoms with van der Waals surface area (Å²) in [4.78, 5) is 14.2. The first-order valence-electron chi connectivity index (χ1n) is 4.72. The van der Waals surface area contributed by atoms with E-state index in [2.05, 4.69) is 9.72 Å². The van der Waals surface area contributed by atoms with Gasteiger partial charge in [-0.05, 0) is 13.0 Å². The van der Waals surface area contributed by atoms with Crippen molar-refractivity contribution < 1.29 is 27.1 Å². The first kappa shape index (κ1) is 13.4. The van der Waals surface area contributed by atoms with Gasteiger partial charge in [0.2, 0.25) is 5.95 Å². The Hall–Kier alpha value is -1.66. The molecule has 0 spiro atoms. The second-order valence-electron chi connectivity index (χ2n) is 3.11. The van der Waals surface area contributed by atoms with Crippen molar-refractivity contribution in [3.8, 4) is 0 Å². The Kier molecular flexibility index (Phi) is 4.03. The summed E-state index contributed by atoms with van der Waals surface area (Å²) in [6.45, 7) is 1.52. The van der Waals surface area contributed by atoms with Crippen molar-refractivity contribution in [1.82, 2.24) is 4.98 Å². The van der Waals surface area contributed by atoms with Crippen LogP contribution >= 0.6 is 0 Å². The Morgan fingerprint density at radius 1 is 1.47 bits per heavy atom. The molecule has 17 heavy (non-hydrogen) atoms. The van der Waals surface area contributed by atoms with Gasteiger partial charge in [-0.2, -0.15) is 17.6 Å². The maximum atomic E-state index is 13.2. The van der Waals surface area contributed by atoms with E-state index in [1.165, 1.54) is 6.92 Å². The van der Waals surface area contributed by atoms with E-state index in [4.69, 9.17) is 0 Å². The summed E-state index contributed by atoms with van der Waals surface area (Å²) in [6.07, 6.45) is -4.82. The number of alkyl halides is 3. The van der Waals surface area contributed by atoms with Crippen molar-refractivity contribution in [2.45, 2.75) is 19.5 Å². The van der Waals surface area contributed by atoms with Crippen molar-refractivity contribution in [2.75, 3.05) is 6.61 Å². The number of pyridine rings is 1. The van der Waals surface area contributed by atoms with E-state index in [0.29, 0.717) is 12.3 Å². The highest BCUT2D eigenvalue weighted by atomic mass is 19.4. The minimum atomic E-state index is -4.73. The number of esters is 1. The van der Waals surface area contributed by atoms with Crippen molar-refractivity contribution in [1.29, 1.82) is 0 Å². The third kappa shape index (κ3) is 3.40. The van der Waals surface area contributed by atoms with Crippen LogP contribution in [0.5, 0.6) is 0 Å². The van der Waals surface area contributed by atoms with Crippen molar-refractivity contribution in [3.05, 3.63) is 29.3 Å². The summed E-state index contributed by atoms with van der Waals surface area (Å²) in [6, 6.07) is 0.623. The van der Waals surface area contributed by atoms with Gasteiger partial charge in [0, 0.05) is 11.8 Å². The largest absolute Gasteiger partial charge is 0.466 e. The molecule has 0 atom stereocenters. The zero-order valence-corrected chi connectivity index (χ0v) is 8.84. The molecule has 0 unspecified atom stereocenters. The normalized spacial score (nSPS) is 11.4. The first-order valence-corrected chi connectivity index (χ1v) is 4.72. The number of nitrogens with zero attached hydrogens (tertiary/aromatic N) is 1. The second kappa shape index (κ2) is 5.11. The van der Waals surface area contributed by atoms with Gasteiger partial charge < -0.3 is 4.74 Å². The summed E-state index contributed by atoms with van der Waals surface area (Å²) in [5.41, 5.74) is -2.00. The number of hydrogen-bond donors (Lipinski definition) is 0. The van der Waals surface area contributed by atoms with E-state index in [1.807, 2.05) is 0 Å². The molecule has 0 radical (unpaired) electrons. The lowest BCUT2D eigenvalue weighted by molar-refractivity contribution is -0.143. The van der Waals surface area contributed by atoms with Gasteiger partial charge in [0.05, 0.1) is 18.6 Å². The van der Waals surface area contributed by atoms with Crippen LogP contribution in [0.4, 0.5) is 17.6 Å². The lowest BCUT2D eigenvalue weighted by Gasteiger charge is -2.12. The highest BCUT2D eigenvalue weighted by Crippen LogP contribution is 2.32. The molecule has 0 aliphatic carbocycles. The highest BCUT2D eigenvalue weighted by Gasteiger charge is 2.35. The maximum absolute atomic E-state index is 13.2. The molecule has 0 aromatic carbocycles. The van der Waals surface area contributed by atoms with Gasteiger partial charge in [0.25, 0.3) is 0 Å². The zero-order chi connectivity index (χ0) is 13.1. The van der Waals surface area contributed by atoms with Gasteiger partial charge >= 0.3 is 12.1 Å². The Balaban J connectivity index is 3.09. The molecule has 0 fully saturated rings. The van der Waals surface area contributed by atoms with Crippen LogP contribution in [0.3, 0.4) is 0 Å². The van der Waals surface area contributed by atoms with Crippen molar-refractivity contribution in [3.63, 3.8) is 0 Å². The van der Waals surface area contributed by atoms with Crippen LogP contribution in [0.1, 0.15) is 18.1 Å². The molecule has 1 aromatic heterocycles. The van der Waals surface area contributed by atoms with E-state index in [9.17, 15) is 22.4 Å². The quantitative estimate of drug-likeness (QED) is 0.470. The fourth-order valence-corrected chi connectivity index (χ4v) is 1.26. The molecule has 0 amide bonds. The van der Waals surface area contributed by atoms with E-state index in [-0.39, 0.29) is 6.61 Å². The van der Waals surface area contributed by atoms with Gasteiger partial charge in [-0.3, -0.25) is 4.79 Å². The molecule has 0 N–H and O–H groups in total. The van der Waals surface area contributed by atoms with E-state index < -0.39 is 35.6 Å². The molecule has 1 rings (SSSR count). The third-order valence-corrected chi connectivity index (χ3v) is 1.94. The second-order valence-corrected chi connectivity index (χ2v) is 3.11. The van der Waals surface area contributed by atoms with Crippen LogP contribution < -0.4 is 0 Å². The molecule has 0 bridgehead atoms. The highest BCUT2D eigenvalue weighted by molar-refractivity contribution is 5.73. The fraction of sp³-hybridized carbons (Fsp3) is 0.400. The van der Waals surface area contributed by atoms with Crippen LogP contribution in [0, 0.1) is 5.95 Å². The summed E-state index contributed by atoms with van der Waals surface area (Å²) in [7, 11) is 0. The van der Waals surface area contributed by atoms with Crippen molar-refractivity contribution in [2.24, 2.45) is 0 Å². The Labute approximate surface area is 94.4 Å². The van der Waals surface area contributed by atoms with Gasteiger partial charge in [0.15, 0.2) is 0 Å². The van der Waals surface area contributed by atoms with Gasteiger partial charge in [-0.1, -0.05) is 0 Å². The SMILES string of the molecule is CCOC(=O)Cc1c(C(F)(F)F)ccnc1F. The number of rotatable bonds is 3. The molecular weight excluding hydrogens is 242 g/mol. The van der Waals surface area contributed by atoms with Crippen LogP contribution in [0.15, 0.2) is 12.3 Å². The number of carbonyl (C=O) groups is 1. The average molecular weight is 251 g/mol. The predicted molar refractivity (Wildman–Crippen MR) is 49.5 cm³/mol. The third-order valence-electron chi connectivity index (χ3n) is 1.94. The standard InChI is InChI=1S/C10H9F4NO2/c1-2-17-8(16)5-6-7(10(12,13)14)3-4-15-9(6)11/h3-4H,2,5H2,1H3. The van der Waals surface area contributed by atoms with Gasteiger partial charge in [0.1, 0.15) is 0 Å². The fourth-order valence-electron chi connectivity index (χ4n) is 1.26. The molecule has 0 saturated heterocycles. The van der Waals surface area contributed by atoms with Crippen LogP contribution in [0.25, 0.3) is 0 Å². The van der Waals surface area contributed by atoms with E-state index >= 15 is 0 Å². The molecule has 94 valence electrons. The number of hydrogen-bond acceptors (Lipinski definition) is 3. The topological polar surface area (TPSA) is 39.2 Å². The number of halogens is 4. The molecule has 3 nitrogen and oxygen atoms in total. The lowest BCUT2D eigenvalue weighted by atomic mass is 10.1. The monoisotopic (exact) mass is 251 g/mol. The minimum absolute atomic E-state index is 0.0159. The zero-order valence-electron chi connectivity index (χ0n) is 8.84. The summed E-state index contributed by atoms with van der Waals surface area (Å²) in [5, 5.41) is 0. The molecule has 1 aromatic rings. The summed E-state index contributed by atoms with van der Waals surface area (Å²) in [5.74, 6) is -2.24.